The largest absolute Gasteiger partial charge is 0.469 e. The zero-order chi connectivity index (χ0) is 21.6. The topological polar surface area (TPSA) is 105 Å². The Balaban J connectivity index is 2.16. The first-order valence-corrected chi connectivity index (χ1v) is 9.80. The SMILES string of the molecule is COC(=O)C1=C[C@H](OC(C)=O)[C@@]23C[C@@H]1[C@@](C)(COC(C)=O)[C@H]2CC[C@H]3C(=O)OC. The van der Waals surface area contributed by atoms with E-state index in [0.29, 0.717) is 24.8 Å². The quantitative estimate of drug-likeness (QED) is 0.501. The van der Waals surface area contributed by atoms with Gasteiger partial charge in [0.1, 0.15) is 6.10 Å². The molecule has 0 N–H and O–H groups in total. The average Bonchev–Trinajstić information content (AvgIpc) is 3.14. The second-order valence-corrected chi connectivity index (χ2v) is 8.50. The van der Waals surface area contributed by atoms with Crippen molar-refractivity contribution in [3.63, 3.8) is 0 Å². The van der Waals surface area contributed by atoms with Crippen LogP contribution in [0.2, 0.25) is 0 Å². The Morgan fingerprint density at radius 3 is 2.31 bits per heavy atom. The maximum atomic E-state index is 12.7. The van der Waals surface area contributed by atoms with Gasteiger partial charge in [-0.05, 0) is 31.3 Å². The molecule has 0 heterocycles. The van der Waals surface area contributed by atoms with E-state index in [1.165, 1.54) is 28.1 Å². The molecule has 0 aromatic carbocycles. The number of hydrogen-bond acceptors (Lipinski definition) is 8. The molecule has 0 saturated heterocycles. The zero-order valence-corrected chi connectivity index (χ0v) is 17.5. The fraction of sp³-hybridized carbons (Fsp3) is 0.714. The van der Waals surface area contributed by atoms with Gasteiger partial charge in [0.05, 0.1) is 26.7 Å². The fourth-order valence-corrected chi connectivity index (χ4v) is 6.17. The lowest BCUT2D eigenvalue weighted by Crippen LogP contribution is -2.47. The van der Waals surface area contributed by atoms with Gasteiger partial charge >= 0.3 is 23.9 Å². The van der Waals surface area contributed by atoms with Crippen LogP contribution >= 0.6 is 0 Å². The molecule has 0 aromatic heterocycles. The molecule has 0 aromatic rings. The van der Waals surface area contributed by atoms with E-state index in [2.05, 4.69) is 0 Å². The number of hydrogen-bond donors (Lipinski definition) is 0. The van der Waals surface area contributed by atoms with Crippen molar-refractivity contribution in [2.75, 3.05) is 20.8 Å². The Bertz CT molecular complexity index is 771. The lowest BCUT2D eigenvalue weighted by molar-refractivity contribution is -0.165. The van der Waals surface area contributed by atoms with E-state index >= 15 is 0 Å². The summed E-state index contributed by atoms with van der Waals surface area (Å²) in [7, 11) is 2.64. The summed E-state index contributed by atoms with van der Waals surface area (Å²) < 4.78 is 21.1. The minimum absolute atomic E-state index is 0.105. The predicted molar refractivity (Wildman–Crippen MR) is 99.2 cm³/mol. The summed E-state index contributed by atoms with van der Waals surface area (Å²) in [5, 5.41) is 0. The van der Waals surface area contributed by atoms with Crippen LogP contribution < -0.4 is 0 Å². The maximum absolute atomic E-state index is 12.7. The molecule has 8 nitrogen and oxygen atoms in total. The van der Waals surface area contributed by atoms with Crippen LogP contribution in [-0.4, -0.2) is 50.8 Å². The Morgan fingerprint density at radius 1 is 1.07 bits per heavy atom. The van der Waals surface area contributed by atoms with E-state index in [9.17, 15) is 19.2 Å². The number of carbonyl (C=O) groups is 4. The first kappa shape index (κ1) is 21.3. The van der Waals surface area contributed by atoms with Crippen LogP contribution in [0.3, 0.4) is 0 Å². The highest BCUT2D eigenvalue weighted by molar-refractivity contribution is 5.90. The molecular weight excluding hydrogens is 380 g/mol. The molecule has 29 heavy (non-hydrogen) atoms. The van der Waals surface area contributed by atoms with E-state index < -0.39 is 40.8 Å². The Kier molecular flexibility index (Phi) is 5.49. The van der Waals surface area contributed by atoms with Crippen molar-refractivity contribution in [3.05, 3.63) is 11.6 Å². The predicted octanol–water partition coefficient (Wildman–Crippen LogP) is 1.81. The summed E-state index contributed by atoms with van der Waals surface area (Å²) in [5.74, 6) is -2.64. The standard InChI is InChI=1S/C21H28O8/c1-11(22)28-10-20(3)15-9-21(14(19(25)27-5)6-7-16(20)21)17(29-12(2)23)8-13(15)18(24)26-4/h8,14-17H,6-7,9-10H2,1-5H3/t14-,15-,16+,17-,20+,21+/m0/s1. The number of carbonyl (C=O) groups excluding carboxylic acids is 4. The highest BCUT2D eigenvalue weighted by Gasteiger charge is 2.73. The summed E-state index contributed by atoms with van der Waals surface area (Å²) in [6.45, 7) is 4.72. The second-order valence-electron chi connectivity index (χ2n) is 8.50. The highest BCUT2D eigenvalue weighted by Crippen LogP contribution is 2.72. The van der Waals surface area contributed by atoms with Crippen molar-refractivity contribution in [1.82, 2.24) is 0 Å². The molecule has 8 heteroatoms. The summed E-state index contributed by atoms with van der Waals surface area (Å²) in [5.41, 5.74) is -0.920. The molecule has 3 aliphatic rings. The van der Waals surface area contributed by atoms with Crippen LogP contribution in [0.15, 0.2) is 11.6 Å². The molecule has 3 rings (SSSR count). The summed E-state index contributed by atoms with van der Waals surface area (Å²) in [4.78, 5) is 48.7. The summed E-state index contributed by atoms with van der Waals surface area (Å²) in [6, 6.07) is 0. The lowest BCUT2D eigenvalue weighted by Gasteiger charge is -2.42. The Labute approximate surface area is 169 Å². The van der Waals surface area contributed by atoms with Crippen LogP contribution in [0.5, 0.6) is 0 Å². The average molecular weight is 408 g/mol. The van der Waals surface area contributed by atoms with Gasteiger partial charge in [0.2, 0.25) is 0 Å². The molecule has 0 radical (unpaired) electrons. The minimum Gasteiger partial charge on any atom is -0.469 e. The van der Waals surface area contributed by atoms with Gasteiger partial charge in [0.15, 0.2) is 0 Å². The second kappa shape index (κ2) is 7.46. The third kappa shape index (κ3) is 3.13. The first-order chi connectivity index (χ1) is 13.6. The van der Waals surface area contributed by atoms with Crippen LogP contribution in [0.25, 0.3) is 0 Å². The van der Waals surface area contributed by atoms with Crippen molar-refractivity contribution < 1.29 is 38.1 Å². The van der Waals surface area contributed by atoms with Crippen molar-refractivity contribution >= 4 is 23.9 Å². The van der Waals surface area contributed by atoms with E-state index in [-0.39, 0.29) is 24.4 Å². The normalized spacial score (nSPS) is 37.2. The third-order valence-corrected chi connectivity index (χ3v) is 7.21. The van der Waals surface area contributed by atoms with Crippen LogP contribution in [-0.2, 0) is 38.1 Å². The number of rotatable bonds is 5. The number of methoxy groups -OCH3 is 2. The van der Waals surface area contributed by atoms with Gasteiger partial charge < -0.3 is 18.9 Å². The number of fused-ring (bicyclic) bond motifs is 1. The van der Waals surface area contributed by atoms with Crippen molar-refractivity contribution in [3.8, 4) is 0 Å². The minimum atomic E-state index is -0.763. The van der Waals surface area contributed by atoms with Crippen molar-refractivity contribution in [2.45, 2.75) is 46.1 Å². The van der Waals surface area contributed by atoms with Gasteiger partial charge in [0, 0.05) is 36.2 Å². The maximum Gasteiger partial charge on any atom is 0.333 e. The van der Waals surface area contributed by atoms with Gasteiger partial charge in [-0.2, -0.15) is 0 Å². The van der Waals surface area contributed by atoms with Crippen molar-refractivity contribution in [1.29, 1.82) is 0 Å². The van der Waals surface area contributed by atoms with E-state index in [1.54, 1.807) is 6.08 Å². The van der Waals surface area contributed by atoms with E-state index in [0.717, 1.165) is 0 Å². The molecule has 2 fully saturated rings. The molecule has 6 atom stereocenters. The first-order valence-electron chi connectivity index (χ1n) is 9.80. The van der Waals surface area contributed by atoms with Crippen molar-refractivity contribution in [2.24, 2.45) is 28.6 Å². The molecule has 0 unspecified atom stereocenters. The van der Waals surface area contributed by atoms with Crippen LogP contribution in [0.1, 0.15) is 40.0 Å². The van der Waals surface area contributed by atoms with Gasteiger partial charge in [-0.15, -0.1) is 0 Å². The molecule has 160 valence electrons. The van der Waals surface area contributed by atoms with Gasteiger partial charge in [-0.25, -0.2) is 4.79 Å². The van der Waals surface area contributed by atoms with Crippen LogP contribution in [0.4, 0.5) is 0 Å². The van der Waals surface area contributed by atoms with Gasteiger partial charge in [-0.1, -0.05) is 6.92 Å². The number of esters is 4. The number of ether oxygens (including phenoxy) is 4. The molecular formula is C21H28O8. The highest BCUT2D eigenvalue weighted by atomic mass is 16.5. The summed E-state index contributed by atoms with van der Waals surface area (Å²) >= 11 is 0. The molecule has 1 spiro atoms. The zero-order valence-electron chi connectivity index (χ0n) is 17.5. The Hall–Kier alpha value is -2.38. The molecule has 3 aliphatic carbocycles. The molecule has 0 aliphatic heterocycles. The smallest absolute Gasteiger partial charge is 0.333 e. The van der Waals surface area contributed by atoms with Gasteiger partial charge in [0.25, 0.3) is 0 Å². The molecule has 2 bridgehead atoms. The monoisotopic (exact) mass is 408 g/mol. The third-order valence-electron chi connectivity index (χ3n) is 7.21. The van der Waals surface area contributed by atoms with Gasteiger partial charge in [-0.3, -0.25) is 14.4 Å². The summed E-state index contributed by atoms with van der Waals surface area (Å²) in [6.07, 6.45) is 2.58. The molecule has 2 saturated carbocycles. The Morgan fingerprint density at radius 2 is 1.76 bits per heavy atom. The molecule has 0 amide bonds. The van der Waals surface area contributed by atoms with E-state index in [1.807, 2.05) is 6.92 Å². The fourth-order valence-electron chi connectivity index (χ4n) is 6.17. The lowest BCUT2D eigenvalue weighted by atomic mass is 9.65. The van der Waals surface area contributed by atoms with Crippen LogP contribution in [0, 0.1) is 28.6 Å². The van der Waals surface area contributed by atoms with E-state index in [4.69, 9.17) is 18.9 Å².